The highest BCUT2D eigenvalue weighted by molar-refractivity contribution is 5.99. The van der Waals surface area contributed by atoms with Gasteiger partial charge in [0.25, 0.3) is 5.91 Å². The molecule has 178 valence electrons. The number of carbonyl (C=O) groups is 3. The van der Waals surface area contributed by atoms with E-state index in [2.05, 4.69) is 15.7 Å². The number of nitrogens with zero attached hydrogens (tertiary/aromatic N) is 2. The Morgan fingerprint density at radius 2 is 1.62 bits per heavy atom. The molecule has 1 heterocycles. The molecular weight excluding hydrogens is 432 g/mol. The number of nitrogens with one attached hydrogen (secondary N) is 2. The second-order valence-corrected chi connectivity index (χ2v) is 8.18. The third kappa shape index (κ3) is 5.70. The number of anilines is 1. The Morgan fingerprint density at radius 3 is 2.24 bits per heavy atom. The van der Waals surface area contributed by atoms with Crippen LogP contribution in [0.25, 0.3) is 5.69 Å². The van der Waals surface area contributed by atoms with Gasteiger partial charge in [0.2, 0.25) is 5.91 Å². The van der Waals surface area contributed by atoms with Crippen LogP contribution in [0.3, 0.4) is 0 Å². The number of esters is 1. The van der Waals surface area contributed by atoms with Crippen LogP contribution in [0.5, 0.6) is 0 Å². The standard InChI is InChI=1S/C26H30N4O4/c1-16-7-6-8-17(2)25(16)28-23(31)15-27-26(33)20-9-11-21(12-10-20)30-19(4)22(18(3)29-30)13-14-24(32)34-5/h6-12H,13-15H2,1-5H3,(H,27,33)(H,28,31). The van der Waals surface area contributed by atoms with Crippen LogP contribution in [-0.4, -0.2) is 41.2 Å². The number of methoxy groups -OCH3 is 1. The summed E-state index contributed by atoms with van der Waals surface area (Å²) in [5.41, 5.74) is 6.72. The van der Waals surface area contributed by atoms with Crippen LogP contribution >= 0.6 is 0 Å². The molecule has 0 bridgehead atoms. The number of hydrogen-bond acceptors (Lipinski definition) is 5. The summed E-state index contributed by atoms with van der Waals surface area (Å²) < 4.78 is 6.52. The van der Waals surface area contributed by atoms with Crippen molar-refractivity contribution < 1.29 is 19.1 Å². The highest BCUT2D eigenvalue weighted by Gasteiger charge is 2.15. The predicted octanol–water partition coefficient (Wildman–Crippen LogP) is 3.58. The Bertz CT molecular complexity index is 1190. The maximum atomic E-state index is 12.5. The molecule has 2 N–H and O–H groups in total. The van der Waals surface area contributed by atoms with E-state index in [0.29, 0.717) is 18.4 Å². The summed E-state index contributed by atoms with van der Waals surface area (Å²) in [6, 6.07) is 12.8. The lowest BCUT2D eigenvalue weighted by molar-refractivity contribution is -0.140. The van der Waals surface area contributed by atoms with Crippen LogP contribution in [0.15, 0.2) is 42.5 Å². The van der Waals surface area contributed by atoms with Crippen molar-refractivity contribution in [2.24, 2.45) is 0 Å². The molecule has 34 heavy (non-hydrogen) atoms. The fourth-order valence-corrected chi connectivity index (χ4v) is 3.83. The van der Waals surface area contributed by atoms with Gasteiger partial charge in [-0.05, 0) is 75.1 Å². The molecule has 0 fully saturated rings. The van der Waals surface area contributed by atoms with Crippen molar-refractivity contribution in [3.63, 3.8) is 0 Å². The normalized spacial score (nSPS) is 10.6. The van der Waals surface area contributed by atoms with Crippen LogP contribution in [0.1, 0.15) is 44.9 Å². The van der Waals surface area contributed by atoms with E-state index in [9.17, 15) is 14.4 Å². The minimum atomic E-state index is -0.338. The highest BCUT2D eigenvalue weighted by atomic mass is 16.5. The minimum Gasteiger partial charge on any atom is -0.469 e. The summed E-state index contributed by atoms with van der Waals surface area (Å²) >= 11 is 0. The summed E-state index contributed by atoms with van der Waals surface area (Å²) in [6.07, 6.45) is 0.842. The zero-order valence-electron chi connectivity index (χ0n) is 20.2. The molecule has 0 saturated carbocycles. The maximum absolute atomic E-state index is 12.5. The van der Waals surface area contributed by atoms with E-state index in [-0.39, 0.29) is 24.3 Å². The van der Waals surface area contributed by atoms with Crippen LogP contribution in [0.2, 0.25) is 0 Å². The van der Waals surface area contributed by atoms with Crippen molar-refractivity contribution in [3.8, 4) is 5.69 Å². The van der Waals surface area contributed by atoms with Crippen LogP contribution in [-0.2, 0) is 20.7 Å². The third-order valence-corrected chi connectivity index (χ3v) is 5.78. The van der Waals surface area contributed by atoms with Gasteiger partial charge in [-0.2, -0.15) is 5.10 Å². The average Bonchev–Trinajstić information content (AvgIpc) is 3.11. The molecule has 0 spiro atoms. The maximum Gasteiger partial charge on any atom is 0.305 e. The number of benzene rings is 2. The largest absolute Gasteiger partial charge is 0.469 e. The Labute approximate surface area is 199 Å². The number of hydrogen-bond donors (Lipinski definition) is 2. The van der Waals surface area contributed by atoms with Gasteiger partial charge in [0, 0.05) is 23.4 Å². The lowest BCUT2D eigenvalue weighted by Crippen LogP contribution is -2.33. The Kier molecular flexibility index (Phi) is 7.83. The van der Waals surface area contributed by atoms with Crippen molar-refractivity contribution in [3.05, 3.63) is 76.1 Å². The summed E-state index contributed by atoms with van der Waals surface area (Å²) in [5.74, 6) is -0.885. The quantitative estimate of drug-likeness (QED) is 0.498. The van der Waals surface area contributed by atoms with Crippen LogP contribution in [0.4, 0.5) is 5.69 Å². The van der Waals surface area contributed by atoms with Gasteiger partial charge >= 0.3 is 5.97 Å². The molecule has 3 rings (SSSR count). The number of aryl methyl sites for hydroxylation is 3. The van der Waals surface area contributed by atoms with Gasteiger partial charge in [-0.1, -0.05) is 18.2 Å². The van der Waals surface area contributed by atoms with Crippen molar-refractivity contribution in [2.75, 3.05) is 19.0 Å². The molecule has 0 saturated heterocycles. The van der Waals surface area contributed by atoms with Gasteiger partial charge in [0.1, 0.15) is 0 Å². The summed E-state index contributed by atoms with van der Waals surface area (Å²) in [5, 5.41) is 10.1. The third-order valence-electron chi connectivity index (χ3n) is 5.78. The molecule has 3 aromatic rings. The fraction of sp³-hybridized carbons (Fsp3) is 0.308. The van der Waals surface area contributed by atoms with Crippen molar-refractivity contribution in [1.82, 2.24) is 15.1 Å². The lowest BCUT2D eigenvalue weighted by Gasteiger charge is -2.12. The summed E-state index contributed by atoms with van der Waals surface area (Å²) in [7, 11) is 1.38. The Morgan fingerprint density at radius 1 is 0.971 bits per heavy atom. The van der Waals surface area contributed by atoms with Gasteiger partial charge < -0.3 is 15.4 Å². The smallest absolute Gasteiger partial charge is 0.305 e. The SMILES string of the molecule is COC(=O)CCc1c(C)nn(-c2ccc(C(=O)NCC(=O)Nc3c(C)cccc3C)cc2)c1C. The van der Waals surface area contributed by atoms with Crippen LogP contribution in [0, 0.1) is 27.7 Å². The molecule has 2 amide bonds. The molecular formula is C26H30N4O4. The first-order valence-electron chi connectivity index (χ1n) is 11.1. The first kappa shape index (κ1) is 24.7. The van der Waals surface area contributed by atoms with Crippen LogP contribution < -0.4 is 10.6 Å². The monoisotopic (exact) mass is 462 g/mol. The molecule has 8 nitrogen and oxygen atoms in total. The summed E-state index contributed by atoms with van der Waals surface area (Å²) in [6.45, 7) is 7.57. The molecule has 0 radical (unpaired) electrons. The number of carbonyl (C=O) groups excluding carboxylic acids is 3. The zero-order chi connectivity index (χ0) is 24.8. The zero-order valence-corrected chi connectivity index (χ0v) is 20.2. The molecule has 0 unspecified atom stereocenters. The topological polar surface area (TPSA) is 102 Å². The van der Waals surface area contributed by atoms with Gasteiger partial charge in [-0.25, -0.2) is 4.68 Å². The number of para-hydroxylation sites is 1. The van der Waals surface area contributed by atoms with E-state index in [1.807, 2.05) is 45.9 Å². The second-order valence-electron chi connectivity index (χ2n) is 8.18. The predicted molar refractivity (Wildman–Crippen MR) is 130 cm³/mol. The van der Waals surface area contributed by atoms with E-state index in [1.54, 1.807) is 28.9 Å². The number of aromatic nitrogens is 2. The Balaban J connectivity index is 1.62. The van der Waals surface area contributed by atoms with Gasteiger partial charge in [0.15, 0.2) is 0 Å². The van der Waals surface area contributed by atoms with Gasteiger partial charge in [0.05, 0.1) is 25.0 Å². The minimum absolute atomic E-state index is 0.130. The van der Waals surface area contributed by atoms with E-state index in [0.717, 1.165) is 39.5 Å². The molecule has 2 aromatic carbocycles. The number of ether oxygens (including phenoxy) is 1. The van der Waals surface area contributed by atoms with Crippen molar-refractivity contribution in [2.45, 2.75) is 40.5 Å². The first-order valence-corrected chi connectivity index (χ1v) is 11.1. The van der Waals surface area contributed by atoms with E-state index in [1.165, 1.54) is 7.11 Å². The second kappa shape index (κ2) is 10.8. The van der Waals surface area contributed by atoms with E-state index in [4.69, 9.17) is 4.74 Å². The van der Waals surface area contributed by atoms with Gasteiger partial charge in [-0.3, -0.25) is 14.4 Å². The molecule has 8 heteroatoms. The molecule has 0 aliphatic rings. The van der Waals surface area contributed by atoms with E-state index < -0.39 is 0 Å². The first-order chi connectivity index (χ1) is 16.2. The average molecular weight is 463 g/mol. The molecule has 0 aliphatic heterocycles. The molecule has 1 aromatic heterocycles. The Hall–Kier alpha value is -3.94. The molecule has 0 atom stereocenters. The highest BCUT2D eigenvalue weighted by Crippen LogP contribution is 2.21. The lowest BCUT2D eigenvalue weighted by atomic mass is 10.1. The van der Waals surface area contributed by atoms with Crippen molar-refractivity contribution >= 4 is 23.5 Å². The van der Waals surface area contributed by atoms with Gasteiger partial charge in [-0.15, -0.1) is 0 Å². The number of rotatable bonds is 8. The van der Waals surface area contributed by atoms with E-state index >= 15 is 0 Å². The fourth-order valence-electron chi connectivity index (χ4n) is 3.83. The summed E-state index contributed by atoms with van der Waals surface area (Å²) in [4.78, 5) is 36.3. The molecule has 0 aliphatic carbocycles. The van der Waals surface area contributed by atoms with Crippen molar-refractivity contribution in [1.29, 1.82) is 0 Å². The number of amides is 2.